The van der Waals surface area contributed by atoms with Gasteiger partial charge in [0.05, 0.1) is 5.69 Å². The maximum absolute atomic E-state index is 13.6. The average Bonchev–Trinajstić information content (AvgIpc) is 3.10. The molecule has 0 saturated heterocycles. The first-order valence-electron chi connectivity index (χ1n) is 8.16. The van der Waals surface area contributed by atoms with Gasteiger partial charge in [0, 0.05) is 5.56 Å². The summed E-state index contributed by atoms with van der Waals surface area (Å²) in [5.74, 6) is -4.45. The van der Waals surface area contributed by atoms with E-state index in [0.717, 1.165) is 22.5 Å². The quantitative estimate of drug-likeness (QED) is 0.693. The van der Waals surface area contributed by atoms with Crippen LogP contribution in [0, 0.1) is 17.5 Å². The van der Waals surface area contributed by atoms with Gasteiger partial charge >= 0.3 is 0 Å². The lowest BCUT2D eigenvalue weighted by Gasteiger charge is -2.06. The second-order valence-electron chi connectivity index (χ2n) is 6.19. The lowest BCUT2D eigenvalue weighted by molar-refractivity contribution is -0.117. The summed E-state index contributed by atoms with van der Waals surface area (Å²) in [7, 11) is 0. The number of halogens is 3. The minimum absolute atomic E-state index is 0.331. The van der Waals surface area contributed by atoms with Gasteiger partial charge in [0.15, 0.2) is 17.5 Å². The fourth-order valence-corrected chi connectivity index (χ4v) is 2.38. The molecule has 0 atom stereocenters. The molecule has 2 aromatic carbocycles. The number of carbonyl (C=O) groups excluding carboxylic acids is 1. The van der Waals surface area contributed by atoms with E-state index in [0.29, 0.717) is 11.7 Å². The molecule has 3 aromatic rings. The van der Waals surface area contributed by atoms with E-state index in [1.165, 1.54) is 5.56 Å². The lowest BCUT2D eigenvalue weighted by atomic mass is 10.0. The number of nitrogens with one attached hydrogen (secondary N) is 1. The summed E-state index contributed by atoms with van der Waals surface area (Å²) in [6.45, 7) is 3.80. The summed E-state index contributed by atoms with van der Waals surface area (Å²) < 4.78 is 39.7. The van der Waals surface area contributed by atoms with E-state index in [4.69, 9.17) is 0 Å². The van der Waals surface area contributed by atoms with Crippen molar-refractivity contribution in [2.45, 2.75) is 26.3 Å². The van der Waals surface area contributed by atoms with Crippen LogP contribution in [0.2, 0.25) is 0 Å². The van der Waals surface area contributed by atoms with Crippen LogP contribution in [0.25, 0.3) is 11.4 Å². The van der Waals surface area contributed by atoms with Crippen molar-refractivity contribution in [1.82, 2.24) is 20.2 Å². The number of aromatic nitrogens is 4. The van der Waals surface area contributed by atoms with Crippen LogP contribution in [0.3, 0.4) is 0 Å². The zero-order chi connectivity index (χ0) is 19.6. The van der Waals surface area contributed by atoms with Crippen LogP contribution in [-0.4, -0.2) is 26.1 Å². The van der Waals surface area contributed by atoms with E-state index < -0.39 is 29.0 Å². The third kappa shape index (κ3) is 4.13. The normalized spacial score (nSPS) is 11.0. The van der Waals surface area contributed by atoms with Crippen molar-refractivity contribution in [1.29, 1.82) is 0 Å². The topological polar surface area (TPSA) is 72.7 Å². The van der Waals surface area contributed by atoms with Crippen LogP contribution in [0.15, 0.2) is 36.4 Å². The van der Waals surface area contributed by atoms with E-state index in [1.807, 2.05) is 24.3 Å². The predicted molar refractivity (Wildman–Crippen MR) is 92.3 cm³/mol. The van der Waals surface area contributed by atoms with Crippen molar-refractivity contribution in [3.8, 4) is 11.4 Å². The Morgan fingerprint density at radius 2 is 1.78 bits per heavy atom. The van der Waals surface area contributed by atoms with Gasteiger partial charge < -0.3 is 5.32 Å². The van der Waals surface area contributed by atoms with Gasteiger partial charge in [0.25, 0.3) is 0 Å². The summed E-state index contributed by atoms with van der Waals surface area (Å²) >= 11 is 0. The molecule has 1 heterocycles. The van der Waals surface area contributed by atoms with Crippen molar-refractivity contribution in [3.63, 3.8) is 0 Å². The molecular weight excluding hydrogens is 359 g/mol. The number of tetrazole rings is 1. The molecule has 1 N–H and O–H groups in total. The number of nitrogens with zero attached hydrogens (tertiary/aromatic N) is 4. The molecule has 0 unspecified atom stereocenters. The Kier molecular flexibility index (Phi) is 5.20. The second-order valence-corrected chi connectivity index (χ2v) is 6.19. The average molecular weight is 375 g/mol. The molecule has 27 heavy (non-hydrogen) atoms. The number of benzene rings is 2. The summed E-state index contributed by atoms with van der Waals surface area (Å²) in [6, 6.07) is 9.28. The molecule has 1 aromatic heterocycles. The van der Waals surface area contributed by atoms with E-state index >= 15 is 0 Å². The standard InChI is InChI=1S/C18H16F3N5O/c1-10(2)11-3-5-12(6-4-11)18-23-25-26(24-18)9-15(27)22-14-8-7-13(19)16(20)17(14)21/h3-8,10H,9H2,1-2H3,(H,22,27). The summed E-state index contributed by atoms with van der Waals surface area (Å²) in [4.78, 5) is 13.0. The first-order valence-corrected chi connectivity index (χ1v) is 8.16. The largest absolute Gasteiger partial charge is 0.322 e. The molecule has 0 bridgehead atoms. The van der Waals surface area contributed by atoms with Crippen molar-refractivity contribution >= 4 is 11.6 Å². The Balaban J connectivity index is 1.68. The van der Waals surface area contributed by atoms with Crippen LogP contribution in [0.5, 0.6) is 0 Å². The van der Waals surface area contributed by atoms with Crippen molar-refractivity contribution < 1.29 is 18.0 Å². The summed E-state index contributed by atoms with van der Waals surface area (Å²) in [5.41, 5.74) is 1.43. The van der Waals surface area contributed by atoms with Crippen LogP contribution in [0.4, 0.5) is 18.9 Å². The number of hydrogen-bond acceptors (Lipinski definition) is 4. The third-order valence-corrected chi connectivity index (χ3v) is 3.88. The molecule has 6 nitrogen and oxygen atoms in total. The molecule has 0 saturated carbocycles. The van der Waals surface area contributed by atoms with Crippen LogP contribution in [0.1, 0.15) is 25.3 Å². The van der Waals surface area contributed by atoms with E-state index in [9.17, 15) is 18.0 Å². The number of rotatable bonds is 5. The maximum Gasteiger partial charge on any atom is 0.248 e. The highest BCUT2D eigenvalue weighted by Crippen LogP contribution is 2.20. The van der Waals surface area contributed by atoms with Gasteiger partial charge in [-0.15, -0.1) is 10.2 Å². The highest BCUT2D eigenvalue weighted by molar-refractivity contribution is 5.90. The lowest BCUT2D eigenvalue weighted by Crippen LogP contribution is -2.21. The van der Waals surface area contributed by atoms with Crippen LogP contribution >= 0.6 is 0 Å². The highest BCUT2D eigenvalue weighted by Gasteiger charge is 2.16. The molecule has 0 aliphatic heterocycles. The molecule has 0 fully saturated rings. The molecule has 0 aliphatic rings. The third-order valence-electron chi connectivity index (χ3n) is 3.88. The Labute approximate surface area is 153 Å². The van der Waals surface area contributed by atoms with E-state index in [1.54, 1.807) is 0 Å². The Bertz CT molecular complexity index is 970. The highest BCUT2D eigenvalue weighted by atomic mass is 19.2. The maximum atomic E-state index is 13.6. The second kappa shape index (κ2) is 7.56. The minimum atomic E-state index is -1.65. The van der Waals surface area contributed by atoms with Crippen LogP contribution < -0.4 is 5.32 Å². The van der Waals surface area contributed by atoms with Crippen molar-refractivity contribution in [2.24, 2.45) is 0 Å². The smallest absolute Gasteiger partial charge is 0.248 e. The molecule has 0 radical (unpaired) electrons. The summed E-state index contributed by atoms with van der Waals surface area (Å²) in [5, 5.41) is 13.9. The molecular formula is C18H16F3N5O. The number of carbonyl (C=O) groups is 1. The monoisotopic (exact) mass is 375 g/mol. The van der Waals surface area contributed by atoms with Gasteiger partial charge in [-0.1, -0.05) is 38.1 Å². The first kappa shape index (κ1) is 18.6. The zero-order valence-electron chi connectivity index (χ0n) is 14.6. The molecule has 0 spiro atoms. The van der Waals surface area contributed by atoms with Crippen molar-refractivity contribution in [3.05, 3.63) is 59.4 Å². The van der Waals surface area contributed by atoms with Gasteiger partial charge in [-0.2, -0.15) is 4.80 Å². The van der Waals surface area contributed by atoms with Gasteiger partial charge in [-0.05, 0) is 28.8 Å². The fraction of sp³-hybridized carbons (Fsp3) is 0.222. The Morgan fingerprint density at radius 3 is 2.44 bits per heavy atom. The Morgan fingerprint density at radius 1 is 1.07 bits per heavy atom. The molecule has 140 valence electrons. The van der Waals surface area contributed by atoms with E-state index in [-0.39, 0.29) is 6.54 Å². The number of amides is 1. The molecule has 0 aliphatic carbocycles. The number of anilines is 1. The molecule has 3 rings (SSSR count). The van der Waals surface area contributed by atoms with Crippen LogP contribution in [-0.2, 0) is 11.3 Å². The molecule has 1 amide bonds. The van der Waals surface area contributed by atoms with Gasteiger partial charge in [0.2, 0.25) is 11.7 Å². The predicted octanol–water partition coefficient (Wildman–Crippen LogP) is 3.52. The van der Waals surface area contributed by atoms with Gasteiger partial charge in [-0.25, -0.2) is 13.2 Å². The first-order chi connectivity index (χ1) is 12.8. The SMILES string of the molecule is CC(C)c1ccc(-c2nnn(CC(=O)Nc3ccc(F)c(F)c3F)n2)cc1. The minimum Gasteiger partial charge on any atom is -0.322 e. The summed E-state index contributed by atoms with van der Waals surface area (Å²) in [6.07, 6.45) is 0. The zero-order valence-corrected chi connectivity index (χ0v) is 14.6. The van der Waals surface area contributed by atoms with Crippen molar-refractivity contribution in [2.75, 3.05) is 5.32 Å². The van der Waals surface area contributed by atoms with Gasteiger partial charge in [0.1, 0.15) is 6.54 Å². The van der Waals surface area contributed by atoms with Gasteiger partial charge in [-0.3, -0.25) is 4.79 Å². The van der Waals surface area contributed by atoms with E-state index in [2.05, 4.69) is 34.6 Å². The number of hydrogen-bond donors (Lipinski definition) is 1. The fourth-order valence-electron chi connectivity index (χ4n) is 2.38. The molecule has 9 heteroatoms. The Hall–Kier alpha value is -3.23.